The van der Waals surface area contributed by atoms with Crippen molar-refractivity contribution < 1.29 is 19.4 Å². The number of piperidine rings is 1. The van der Waals surface area contributed by atoms with E-state index in [1.807, 2.05) is 9.58 Å². The first-order valence-corrected chi connectivity index (χ1v) is 10.6. The Balaban J connectivity index is 1.42. The fourth-order valence-electron chi connectivity index (χ4n) is 4.78. The lowest BCUT2D eigenvalue weighted by atomic mass is 9.84. The van der Waals surface area contributed by atoms with Crippen molar-refractivity contribution in [3.63, 3.8) is 0 Å². The topological polar surface area (TPSA) is 84.7 Å². The average Bonchev–Trinajstić information content (AvgIpc) is 3.22. The minimum atomic E-state index is -0.757. The minimum Gasteiger partial charge on any atom is -0.481 e. The average molecular weight is 389 g/mol. The lowest BCUT2D eigenvalue weighted by molar-refractivity contribution is -0.145. The highest BCUT2D eigenvalue weighted by Crippen LogP contribution is 2.42. The summed E-state index contributed by atoms with van der Waals surface area (Å²) in [6.45, 7) is 7.03. The van der Waals surface area contributed by atoms with Crippen LogP contribution in [0.1, 0.15) is 67.9 Å². The Bertz CT molecular complexity index is 732. The smallest absolute Gasteiger partial charge is 0.309 e. The first kappa shape index (κ1) is 19.4. The normalized spacial score (nSPS) is 26.2. The molecule has 1 unspecified atom stereocenters. The monoisotopic (exact) mass is 389 g/mol. The summed E-state index contributed by atoms with van der Waals surface area (Å²) in [6, 6.07) is 0. The zero-order chi connectivity index (χ0) is 19.8. The number of hydrogen-bond donors (Lipinski definition) is 1. The van der Waals surface area contributed by atoms with Gasteiger partial charge < -0.3 is 14.7 Å². The molecule has 1 aromatic heterocycles. The van der Waals surface area contributed by atoms with Crippen LogP contribution in [0.2, 0.25) is 0 Å². The van der Waals surface area contributed by atoms with Crippen molar-refractivity contribution in [2.24, 2.45) is 17.8 Å². The van der Waals surface area contributed by atoms with Crippen LogP contribution in [-0.2, 0) is 16.1 Å². The van der Waals surface area contributed by atoms with Gasteiger partial charge >= 0.3 is 5.97 Å². The highest BCUT2D eigenvalue weighted by molar-refractivity contribution is 5.95. The number of carbonyl (C=O) groups is 2. The van der Waals surface area contributed by atoms with E-state index in [-0.39, 0.29) is 17.9 Å². The Kier molecular flexibility index (Phi) is 5.45. The van der Waals surface area contributed by atoms with Gasteiger partial charge in [0.15, 0.2) is 0 Å². The minimum absolute atomic E-state index is 0.0810. The fourth-order valence-corrected chi connectivity index (χ4v) is 4.78. The SMILES string of the molecule is CC(C)Cn1ncc(C(=O)N2CCC([C@@H]3OCCC3C(=O)O)CC2)c1C1CC1. The molecule has 3 heterocycles. The van der Waals surface area contributed by atoms with Crippen molar-refractivity contribution in [3.05, 3.63) is 17.5 Å². The number of likely N-dealkylation sites (tertiary alicyclic amines) is 1. The molecule has 1 aliphatic carbocycles. The van der Waals surface area contributed by atoms with E-state index in [1.54, 1.807) is 6.20 Å². The van der Waals surface area contributed by atoms with Gasteiger partial charge in [0.2, 0.25) is 0 Å². The Morgan fingerprint density at radius 1 is 1.21 bits per heavy atom. The quantitative estimate of drug-likeness (QED) is 0.809. The van der Waals surface area contributed by atoms with Crippen LogP contribution in [0.15, 0.2) is 6.20 Å². The van der Waals surface area contributed by atoms with Gasteiger partial charge in [0.25, 0.3) is 5.91 Å². The van der Waals surface area contributed by atoms with E-state index in [2.05, 4.69) is 18.9 Å². The van der Waals surface area contributed by atoms with E-state index in [0.717, 1.165) is 43.5 Å². The summed E-state index contributed by atoms with van der Waals surface area (Å²) in [4.78, 5) is 26.6. The molecule has 7 nitrogen and oxygen atoms in total. The van der Waals surface area contributed by atoms with Gasteiger partial charge in [0.1, 0.15) is 0 Å². The molecule has 7 heteroatoms. The summed E-state index contributed by atoms with van der Waals surface area (Å²) in [5.41, 5.74) is 1.88. The molecule has 3 fully saturated rings. The molecule has 1 saturated carbocycles. The summed E-state index contributed by atoms with van der Waals surface area (Å²) in [7, 11) is 0. The van der Waals surface area contributed by atoms with Crippen LogP contribution in [0.5, 0.6) is 0 Å². The third-order valence-corrected chi connectivity index (χ3v) is 6.36. The van der Waals surface area contributed by atoms with E-state index in [0.29, 0.717) is 38.0 Å². The van der Waals surface area contributed by atoms with Crippen LogP contribution in [-0.4, -0.2) is 57.5 Å². The lowest BCUT2D eigenvalue weighted by Gasteiger charge is -2.35. The van der Waals surface area contributed by atoms with Crippen LogP contribution in [0, 0.1) is 17.8 Å². The number of carbonyl (C=O) groups excluding carboxylic acids is 1. The number of carboxylic acids is 1. The number of carboxylic acid groups (broad SMARTS) is 1. The van der Waals surface area contributed by atoms with Gasteiger partial charge in [0.05, 0.1) is 29.5 Å². The molecule has 4 rings (SSSR count). The summed E-state index contributed by atoms with van der Waals surface area (Å²) in [6.07, 6.45) is 6.04. The predicted molar refractivity (Wildman–Crippen MR) is 103 cm³/mol. The second kappa shape index (κ2) is 7.85. The highest BCUT2D eigenvalue weighted by Gasteiger charge is 2.41. The summed E-state index contributed by atoms with van der Waals surface area (Å²) in [5.74, 6) is 0.109. The molecule has 1 N–H and O–H groups in total. The van der Waals surface area contributed by atoms with Crippen LogP contribution in [0.3, 0.4) is 0 Å². The first-order chi connectivity index (χ1) is 13.5. The molecule has 0 bridgehead atoms. The second-order valence-corrected chi connectivity index (χ2v) is 8.99. The number of rotatable bonds is 6. The Morgan fingerprint density at radius 3 is 2.54 bits per heavy atom. The zero-order valence-electron chi connectivity index (χ0n) is 16.8. The molecule has 0 radical (unpaired) electrons. The van der Waals surface area contributed by atoms with Gasteiger partial charge in [0, 0.05) is 32.2 Å². The molecule has 28 heavy (non-hydrogen) atoms. The number of hydrogen-bond acceptors (Lipinski definition) is 4. The molecular weight excluding hydrogens is 358 g/mol. The van der Waals surface area contributed by atoms with Crippen LogP contribution >= 0.6 is 0 Å². The van der Waals surface area contributed by atoms with Crippen LogP contribution < -0.4 is 0 Å². The summed E-state index contributed by atoms with van der Waals surface area (Å²) >= 11 is 0. The lowest BCUT2D eigenvalue weighted by Crippen LogP contribution is -2.43. The number of amides is 1. The summed E-state index contributed by atoms with van der Waals surface area (Å²) < 4.78 is 7.78. The van der Waals surface area contributed by atoms with Gasteiger partial charge in [-0.3, -0.25) is 14.3 Å². The maximum absolute atomic E-state index is 13.2. The predicted octanol–water partition coefficient (Wildman–Crippen LogP) is 2.76. The third-order valence-electron chi connectivity index (χ3n) is 6.36. The molecule has 2 saturated heterocycles. The second-order valence-electron chi connectivity index (χ2n) is 8.99. The molecule has 0 spiro atoms. The van der Waals surface area contributed by atoms with Crippen molar-refractivity contribution in [1.29, 1.82) is 0 Å². The van der Waals surface area contributed by atoms with Gasteiger partial charge in [-0.2, -0.15) is 5.10 Å². The van der Waals surface area contributed by atoms with Crippen molar-refractivity contribution >= 4 is 11.9 Å². The van der Waals surface area contributed by atoms with Gasteiger partial charge in [-0.1, -0.05) is 13.8 Å². The van der Waals surface area contributed by atoms with Crippen LogP contribution in [0.4, 0.5) is 0 Å². The highest BCUT2D eigenvalue weighted by atomic mass is 16.5. The van der Waals surface area contributed by atoms with Gasteiger partial charge in [-0.05, 0) is 43.9 Å². The standard InChI is InChI=1S/C21H31N3O4/c1-13(2)12-24-18(14-3-4-14)17(11-22-24)20(25)23-8-5-15(6-9-23)19-16(21(26)27)7-10-28-19/h11,13-16,19H,3-10,12H2,1-2H3,(H,26,27)/t16?,19-/m0/s1. The molecular formula is C21H31N3O4. The van der Waals surface area contributed by atoms with Gasteiger partial charge in [-0.15, -0.1) is 0 Å². The van der Waals surface area contributed by atoms with Crippen molar-refractivity contribution in [1.82, 2.24) is 14.7 Å². The van der Waals surface area contributed by atoms with E-state index < -0.39 is 11.9 Å². The van der Waals surface area contributed by atoms with Crippen LogP contribution in [0.25, 0.3) is 0 Å². The number of aromatic nitrogens is 2. The molecule has 1 aromatic rings. The number of nitrogens with zero attached hydrogens (tertiary/aromatic N) is 3. The molecule has 3 aliphatic rings. The summed E-state index contributed by atoms with van der Waals surface area (Å²) in [5, 5.41) is 13.9. The largest absolute Gasteiger partial charge is 0.481 e. The van der Waals surface area contributed by atoms with Crippen molar-refractivity contribution in [3.8, 4) is 0 Å². The molecule has 154 valence electrons. The van der Waals surface area contributed by atoms with E-state index in [1.165, 1.54) is 0 Å². The number of ether oxygens (including phenoxy) is 1. The van der Waals surface area contributed by atoms with Gasteiger partial charge in [-0.25, -0.2) is 0 Å². The van der Waals surface area contributed by atoms with E-state index >= 15 is 0 Å². The van der Waals surface area contributed by atoms with E-state index in [4.69, 9.17) is 4.74 Å². The van der Waals surface area contributed by atoms with E-state index in [9.17, 15) is 14.7 Å². The third kappa shape index (κ3) is 3.81. The Hall–Kier alpha value is -1.89. The zero-order valence-corrected chi connectivity index (χ0v) is 16.8. The Labute approximate surface area is 166 Å². The molecule has 1 amide bonds. The maximum Gasteiger partial charge on any atom is 0.309 e. The first-order valence-electron chi connectivity index (χ1n) is 10.6. The number of aliphatic carboxylic acids is 1. The molecule has 2 aliphatic heterocycles. The maximum atomic E-state index is 13.2. The fraction of sp³-hybridized carbons (Fsp3) is 0.762. The van der Waals surface area contributed by atoms with Crippen molar-refractivity contribution in [2.75, 3.05) is 19.7 Å². The molecule has 0 aromatic carbocycles. The van der Waals surface area contributed by atoms with Crippen molar-refractivity contribution in [2.45, 2.75) is 64.5 Å². The Morgan fingerprint density at radius 2 is 1.93 bits per heavy atom. The molecule has 2 atom stereocenters.